The summed E-state index contributed by atoms with van der Waals surface area (Å²) in [7, 11) is 0. The van der Waals surface area contributed by atoms with Gasteiger partial charge in [0.1, 0.15) is 0 Å². The van der Waals surface area contributed by atoms with Crippen molar-refractivity contribution >= 4 is 5.91 Å². The van der Waals surface area contributed by atoms with Gasteiger partial charge in [0.05, 0.1) is 11.5 Å². The summed E-state index contributed by atoms with van der Waals surface area (Å²) in [6.07, 6.45) is 6.37. The minimum absolute atomic E-state index is 0.105. The predicted molar refractivity (Wildman–Crippen MR) is 121 cm³/mol. The maximum Gasteiger partial charge on any atom is 0.233 e. The smallest absolute Gasteiger partial charge is 0.233 e. The summed E-state index contributed by atoms with van der Waals surface area (Å²) in [5.41, 5.74) is 2.58. The van der Waals surface area contributed by atoms with Gasteiger partial charge in [0.25, 0.3) is 0 Å². The number of aliphatic hydroxyl groups is 1. The van der Waals surface area contributed by atoms with Gasteiger partial charge in [-0.15, -0.1) is 0 Å². The van der Waals surface area contributed by atoms with Crippen molar-refractivity contribution in [3.63, 3.8) is 0 Å². The maximum absolute atomic E-state index is 13.8. The number of aryl methyl sites for hydroxylation is 2. The van der Waals surface area contributed by atoms with E-state index in [4.69, 9.17) is 0 Å². The molecule has 0 aromatic heterocycles. The number of rotatable bonds is 6. The first-order chi connectivity index (χ1) is 14.7. The molecule has 30 heavy (non-hydrogen) atoms. The van der Waals surface area contributed by atoms with Gasteiger partial charge in [-0.05, 0) is 42.4 Å². The van der Waals surface area contributed by atoms with E-state index in [1.165, 1.54) is 11.1 Å². The number of nitrogens with one attached hydrogen (secondary N) is 1. The molecule has 2 aromatic rings. The fourth-order valence-electron chi connectivity index (χ4n) is 5.14. The van der Waals surface area contributed by atoms with Crippen LogP contribution < -0.4 is 5.32 Å². The lowest BCUT2D eigenvalue weighted by atomic mass is 9.71. The molecule has 1 heterocycles. The van der Waals surface area contributed by atoms with Crippen LogP contribution in [-0.2, 0) is 17.6 Å². The molecule has 2 N–H and O–H groups in total. The van der Waals surface area contributed by atoms with E-state index in [0.717, 1.165) is 63.8 Å². The van der Waals surface area contributed by atoms with Crippen molar-refractivity contribution in [1.82, 2.24) is 10.2 Å². The van der Waals surface area contributed by atoms with Gasteiger partial charge in [0.15, 0.2) is 0 Å². The van der Waals surface area contributed by atoms with Crippen LogP contribution in [0, 0.1) is 0 Å². The van der Waals surface area contributed by atoms with E-state index in [9.17, 15) is 9.90 Å². The molecular weight excluding hydrogens is 372 g/mol. The highest BCUT2D eigenvalue weighted by Crippen LogP contribution is 2.42. The van der Waals surface area contributed by atoms with E-state index in [-0.39, 0.29) is 5.91 Å². The Bertz CT molecular complexity index is 824. The third-order valence-corrected chi connectivity index (χ3v) is 6.82. The van der Waals surface area contributed by atoms with Gasteiger partial charge >= 0.3 is 0 Å². The minimum Gasteiger partial charge on any atom is -0.389 e. The van der Waals surface area contributed by atoms with Crippen LogP contribution in [0.3, 0.4) is 0 Å². The van der Waals surface area contributed by atoms with Gasteiger partial charge in [0, 0.05) is 26.2 Å². The largest absolute Gasteiger partial charge is 0.389 e. The van der Waals surface area contributed by atoms with E-state index in [1.807, 2.05) is 17.0 Å². The Morgan fingerprint density at radius 3 is 2.33 bits per heavy atom. The van der Waals surface area contributed by atoms with Crippen molar-refractivity contribution in [2.24, 2.45) is 0 Å². The molecule has 1 atom stereocenters. The first-order valence-electron chi connectivity index (χ1n) is 11.5. The van der Waals surface area contributed by atoms with Crippen molar-refractivity contribution in [3.8, 4) is 0 Å². The number of carbonyl (C=O) groups is 1. The fraction of sp³-hybridized carbons (Fsp3) is 0.500. The lowest BCUT2D eigenvalue weighted by molar-refractivity contribution is -0.142. The molecule has 2 aliphatic rings. The average Bonchev–Trinajstić information content (AvgIpc) is 2.80. The van der Waals surface area contributed by atoms with Crippen LogP contribution in [0.25, 0.3) is 0 Å². The van der Waals surface area contributed by atoms with Crippen molar-refractivity contribution in [2.45, 2.75) is 56.5 Å². The van der Waals surface area contributed by atoms with Gasteiger partial charge in [0.2, 0.25) is 5.91 Å². The summed E-state index contributed by atoms with van der Waals surface area (Å²) in [5, 5.41) is 15.1. The van der Waals surface area contributed by atoms with Crippen LogP contribution in [0.1, 0.15) is 54.7 Å². The summed E-state index contributed by atoms with van der Waals surface area (Å²) in [6, 6.07) is 18.8. The molecule has 1 amide bonds. The quantitative estimate of drug-likeness (QED) is 0.769. The summed E-state index contributed by atoms with van der Waals surface area (Å²) in [4.78, 5) is 15.7. The number of hydrogen-bond donors (Lipinski definition) is 2. The molecule has 4 nitrogen and oxygen atoms in total. The number of amides is 1. The molecule has 1 unspecified atom stereocenters. The fourth-order valence-corrected chi connectivity index (χ4v) is 5.14. The van der Waals surface area contributed by atoms with Crippen LogP contribution in [0.4, 0.5) is 0 Å². The Morgan fingerprint density at radius 2 is 1.60 bits per heavy atom. The Kier molecular flexibility index (Phi) is 6.86. The van der Waals surface area contributed by atoms with Gasteiger partial charge in [-0.25, -0.2) is 0 Å². The molecule has 0 bridgehead atoms. The Balaban J connectivity index is 1.65. The van der Waals surface area contributed by atoms with Crippen LogP contribution in [0.2, 0.25) is 0 Å². The van der Waals surface area contributed by atoms with E-state index >= 15 is 0 Å². The molecule has 0 spiro atoms. The molecule has 1 aliphatic heterocycles. The highest BCUT2D eigenvalue weighted by molar-refractivity contribution is 5.86. The second-order valence-electron chi connectivity index (χ2n) is 8.86. The van der Waals surface area contributed by atoms with E-state index in [2.05, 4.69) is 47.8 Å². The average molecular weight is 407 g/mol. The number of nitrogens with zero attached hydrogens (tertiary/aromatic N) is 1. The third-order valence-electron chi connectivity index (χ3n) is 6.82. The maximum atomic E-state index is 13.8. The zero-order chi connectivity index (χ0) is 20.8. The zero-order valence-electron chi connectivity index (χ0n) is 17.9. The molecule has 1 aliphatic carbocycles. The number of hydrogen-bond acceptors (Lipinski definition) is 3. The Hall–Kier alpha value is -2.17. The molecule has 4 heteroatoms. The molecule has 0 radical (unpaired) electrons. The molecule has 2 aromatic carbocycles. The summed E-state index contributed by atoms with van der Waals surface area (Å²) in [6.45, 7) is 3.09. The lowest BCUT2D eigenvalue weighted by Crippen LogP contribution is -2.53. The normalized spacial score (nSPS) is 20.0. The Labute approximate surface area is 180 Å². The standard InChI is InChI=1S/C26H34N2O2/c29-25(28-19-17-27-18-20-28)24(26(30)15-7-2-8-16-26)23-12-6-5-11-22(23)14-13-21-9-3-1-4-10-21/h1,3-6,9-12,24,27,30H,2,7-8,13-20H2. The first-order valence-corrected chi connectivity index (χ1v) is 11.5. The highest BCUT2D eigenvalue weighted by atomic mass is 16.3. The molecule has 1 saturated carbocycles. The van der Waals surface area contributed by atoms with Crippen molar-refractivity contribution < 1.29 is 9.90 Å². The van der Waals surface area contributed by atoms with Crippen LogP contribution >= 0.6 is 0 Å². The van der Waals surface area contributed by atoms with E-state index < -0.39 is 11.5 Å². The highest BCUT2D eigenvalue weighted by Gasteiger charge is 2.45. The topological polar surface area (TPSA) is 52.6 Å². The summed E-state index contributed by atoms with van der Waals surface area (Å²) in [5.74, 6) is -0.365. The van der Waals surface area contributed by atoms with Gasteiger partial charge in [-0.2, -0.15) is 0 Å². The van der Waals surface area contributed by atoms with E-state index in [1.54, 1.807) is 0 Å². The Morgan fingerprint density at radius 1 is 0.933 bits per heavy atom. The molecule has 160 valence electrons. The van der Waals surface area contributed by atoms with Gasteiger partial charge in [-0.1, -0.05) is 73.9 Å². The molecule has 2 fully saturated rings. The molecule has 4 rings (SSSR count). The van der Waals surface area contributed by atoms with Crippen molar-refractivity contribution in [1.29, 1.82) is 0 Å². The number of piperazine rings is 1. The number of benzene rings is 2. The second-order valence-corrected chi connectivity index (χ2v) is 8.86. The monoisotopic (exact) mass is 406 g/mol. The lowest BCUT2D eigenvalue weighted by Gasteiger charge is -2.42. The second kappa shape index (κ2) is 9.76. The first kappa shape index (κ1) is 21.1. The van der Waals surface area contributed by atoms with Gasteiger partial charge < -0.3 is 15.3 Å². The van der Waals surface area contributed by atoms with Crippen molar-refractivity contribution in [3.05, 3.63) is 71.3 Å². The summed E-state index contributed by atoms with van der Waals surface area (Å²) < 4.78 is 0. The van der Waals surface area contributed by atoms with E-state index in [0.29, 0.717) is 12.8 Å². The molecule has 1 saturated heterocycles. The third kappa shape index (κ3) is 4.76. The molecular formula is C26H34N2O2. The minimum atomic E-state index is -0.941. The zero-order valence-corrected chi connectivity index (χ0v) is 17.9. The van der Waals surface area contributed by atoms with Crippen LogP contribution in [0.15, 0.2) is 54.6 Å². The van der Waals surface area contributed by atoms with Crippen LogP contribution in [-0.4, -0.2) is 47.7 Å². The van der Waals surface area contributed by atoms with Gasteiger partial charge in [-0.3, -0.25) is 4.79 Å². The summed E-state index contributed by atoms with van der Waals surface area (Å²) >= 11 is 0. The van der Waals surface area contributed by atoms with Crippen molar-refractivity contribution in [2.75, 3.05) is 26.2 Å². The predicted octanol–water partition coefficient (Wildman–Crippen LogP) is 3.68. The van der Waals surface area contributed by atoms with Crippen LogP contribution in [0.5, 0.6) is 0 Å². The SMILES string of the molecule is O=C(C(c1ccccc1CCc1ccccc1)C1(O)CCCCC1)N1CCNCC1. The number of carbonyl (C=O) groups excluding carboxylic acids is 1.